The molecule has 0 unspecified atom stereocenters. The fourth-order valence-corrected chi connectivity index (χ4v) is 3.73. The Morgan fingerprint density at radius 2 is 1.61 bits per heavy atom. The van der Waals surface area contributed by atoms with Crippen LogP contribution in [0.4, 0.5) is 0 Å². The van der Waals surface area contributed by atoms with Crippen molar-refractivity contribution in [3.8, 4) is 0 Å². The molecule has 1 nitrogen and oxygen atoms in total. The predicted molar refractivity (Wildman–Crippen MR) is 98.6 cm³/mol. The minimum absolute atomic E-state index is 0.647. The van der Waals surface area contributed by atoms with Gasteiger partial charge in [-0.15, -0.1) is 0 Å². The highest BCUT2D eigenvalue weighted by Gasteiger charge is 2.25. The van der Waals surface area contributed by atoms with Gasteiger partial charge in [0.2, 0.25) is 0 Å². The maximum Gasteiger partial charge on any atom is 0.0239 e. The normalized spacial score (nSPS) is 17.9. The van der Waals surface area contributed by atoms with Crippen LogP contribution in [0.25, 0.3) is 0 Å². The van der Waals surface area contributed by atoms with Crippen molar-refractivity contribution in [2.75, 3.05) is 6.54 Å². The lowest BCUT2D eigenvalue weighted by atomic mass is 9.90. The molecule has 0 aromatic heterocycles. The number of nitrogens with zero attached hydrogens (tertiary/aromatic N) is 1. The van der Waals surface area contributed by atoms with Crippen LogP contribution in [0.15, 0.2) is 54.6 Å². The van der Waals surface area contributed by atoms with E-state index in [2.05, 4.69) is 66.4 Å². The first-order chi connectivity index (χ1) is 11.4. The SMILES string of the molecule is CCCCCCN1Cc2ccccc2C[C@@H]1Cc1ccccc1. The summed E-state index contributed by atoms with van der Waals surface area (Å²) in [5.41, 5.74) is 4.56. The lowest BCUT2D eigenvalue weighted by Crippen LogP contribution is -2.42. The molecule has 0 spiro atoms. The third kappa shape index (κ3) is 4.45. The van der Waals surface area contributed by atoms with Crippen LogP contribution in [0.5, 0.6) is 0 Å². The summed E-state index contributed by atoms with van der Waals surface area (Å²) in [5, 5.41) is 0. The number of hydrogen-bond donors (Lipinski definition) is 0. The molecule has 0 bridgehead atoms. The summed E-state index contributed by atoms with van der Waals surface area (Å²) >= 11 is 0. The highest BCUT2D eigenvalue weighted by atomic mass is 15.2. The second-order valence-electron chi connectivity index (χ2n) is 6.85. The maximum absolute atomic E-state index is 2.73. The first-order valence-corrected chi connectivity index (χ1v) is 9.21. The summed E-state index contributed by atoms with van der Waals surface area (Å²) < 4.78 is 0. The zero-order valence-electron chi connectivity index (χ0n) is 14.4. The summed E-state index contributed by atoms with van der Waals surface area (Å²) in [5.74, 6) is 0. The van der Waals surface area contributed by atoms with Crippen LogP contribution in [0.2, 0.25) is 0 Å². The largest absolute Gasteiger partial charge is 0.295 e. The molecule has 1 heterocycles. The zero-order chi connectivity index (χ0) is 15.9. The van der Waals surface area contributed by atoms with Gasteiger partial charge in [0.25, 0.3) is 0 Å². The summed E-state index contributed by atoms with van der Waals surface area (Å²) in [6.07, 6.45) is 7.75. The minimum Gasteiger partial charge on any atom is -0.295 e. The van der Waals surface area contributed by atoms with Crippen LogP contribution in [0.1, 0.15) is 49.3 Å². The van der Waals surface area contributed by atoms with E-state index in [4.69, 9.17) is 0 Å². The van der Waals surface area contributed by atoms with E-state index in [1.807, 2.05) is 0 Å². The number of unbranched alkanes of at least 4 members (excludes halogenated alkanes) is 3. The van der Waals surface area contributed by atoms with Crippen molar-refractivity contribution in [1.82, 2.24) is 4.90 Å². The quantitative estimate of drug-likeness (QED) is 0.633. The van der Waals surface area contributed by atoms with Crippen LogP contribution in [0, 0.1) is 0 Å². The molecule has 0 radical (unpaired) electrons. The van der Waals surface area contributed by atoms with Gasteiger partial charge < -0.3 is 0 Å². The molecular formula is C22H29N. The Bertz CT molecular complexity index is 590. The Kier molecular flexibility index (Phi) is 5.87. The topological polar surface area (TPSA) is 3.24 Å². The van der Waals surface area contributed by atoms with Gasteiger partial charge in [-0.2, -0.15) is 0 Å². The third-order valence-corrected chi connectivity index (χ3v) is 5.08. The highest BCUT2D eigenvalue weighted by Crippen LogP contribution is 2.26. The summed E-state index contributed by atoms with van der Waals surface area (Å²) in [7, 11) is 0. The van der Waals surface area contributed by atoms with Gasteiger partial charge in [-0.05, 0) is 42.5 Å². The predicted octanol–water partition coefficient (Wildman–Crippen LogP) is 5.24. The molecule has 2 aromatic rings. The van der Waals surface area contributed by atoms with Crippen LogP contribution < -0.4 is 0 Å². The molecule has 1 aliphatic heterocycles. The number of benzene rings is 2. The number of hydrogen-bond acceptors (Lipinski definition) is 1. The summed E-state index contributed by atoms with van der Waals surface area (Å²) in [6, 6.07) is 20.6. The van der Waals surface area contributed by atoms with Crippen molar-refractivity contribution in [1.29, 1.82) is 0 Å². The van der Waals surface area contributed by atoms with Crippen molar-refractivity contribution in [2.45, 2.75) is 58.0 Å². The Hall–Kier alpha value is -1.60. The Balaban J connectivity index is 1.70. The molecule has 122 valence electrons. The monoisotopic (exact) mass is 307 g/mol. The summed E-state index contributed by atoms with van der Waals surface area (Å²) in [4.78, 5) is 2.73. The molecule has 0 saturated carbocycles. The fraction of sp³-hybridized carbons (Fsp3) is 0.455. The molecule has 23 heavy (non-hydrogen) atoms. The van der Waals surface area contributed by atoms with Gasteiger partial charge in [0.05, 0.1) is 0 Å². The number of fused-ring (bicyclic) bond motifs is 1. The molecule has 0 fully saturated rings. The Labute approximate surface area is 141 Å². The molecule has 1 heteroatoms. The van der Waals surface area contributed by atoms with E-state index in [9.17, 15) is 0 Å². The minimum atomic E-state index is 0.647. The van der Waals surface area contributed by atoms with E-state index in [0.717, 1.165) is 6.54 Å². The average Bonchev–Trinajstić information content (AvgIpc) is 2.60. The zero-order valence-corrected chi connectivity index (χ0v) is 14.4. The van der Waals surface area contributed by atoms with Gasteiger partial charge in [0.15, 0.2) is 0 Å². The lowest BCUT2D eigenvalue weighted by molar-refractivity contribution is 0.166. The first-order valence-electron chi connectivity index (χ1n) is 9.21. The van der Waals surface area contributed by atoms with Crippen molar-refractivity contribution in [2.24, 2.45) is 0 Å². The van der Waals surface area contributed by atoms with E-state index in [0.29, 0.717) is 6.04 Å². The van der Waals surface area contributed by atoms with E-state index >= 15 is 0 Å². The average molecular weight is 307 g/mol. The number of rotatable bonds is 7. The molecule has 1 aliphatic rings. The molecule has 1 atom stereocenters. The van der Waals surface area contributed by atoms with E-state index in [1.54, 1.807) is 5.56 Å². The second kappa shape index (κ2) is 8.31. The molecule has 0 saturated heterocycles. The van der Waals surface area contributed by atoms with Crippen molar-refractivity contribution >= 4 is 0 Å². The molecule has 2 aromatic carbocycles. The van der Waals surface area contributed by atoms with Gasteiger partial charge in [0.1, 0.15) is 0 Å². The van der Waals surface area contributed by atoms with Gasteiger partial charge in [-0.1, -0.05) is 80.8 Å². The van der Waals surface area contributed by atoms with Crippen LogP contribution >= 0.6 is 0 Å². The van der Waals surface area contributed by atoms with Gasteiger partial charge >= 0.3 is 0 Å². The van der Waals surface area contributed by atoms with Crippen molar-refractivity contribution in [3.05, 3.63) is 71.3 Å². The fourth-order valence-electron chi connectivity index (χ4n) is 3.73. The van der Waals surface area contributed by atoms with Crippen LogP contribution in [-0.4, -0.2) is 17.5 Å². The van der Waals surface area contributed by atoms with E-state index < -0.39 is 0 Å². The molecular weight excluding hydrogens is 278 g/mol. The maximum atomic E-state index is 2.73. The molecule has 0 aliphatic carbocycles. The van der Waals surface area contributed by atoms with E-state index in [-0.39, 0.29) is 0 Å². The van der Waals surface area contributed by atoms with Gasteiger partial charge in [0, 0.05) is 12.6 Å². The van der Waals surface area contributed by atoms with Crippen LogP contribution in [0.3, 0.4) is 0 Å². The van der Waals surface area contributed by atoms with Crippen LogP contribution in [-0.2, 0) is 19.4 Å². The molecule has 3 rings (SSSR count). The molecule has 0 N–H and O–H groups in total. The highest BCUT2D eigenvalue weighted by molar-refractivity contribution is 5.31. The van der Waals surface area contributed by atoms with Crippen molar-refractivity contribution in [3.63, 3.8) is 0 Å². The summed E-state index contributed by atoms with van der Waals surface area (Å²) in [6.45, 7) is 4.65. The third-order valence-electron chi connectivity index (χ3n) is 5.08. The molecule has 0 amide bonds. The van der Waals surface area contributed by atoms with Gasteiger partial charge in [-0.3, -0.25) is 4.90 Å². The Morgan fingerprint density at radius 3 is 2.39 bits per heavy atom. The lowest BCUT2D eigenvalue weighted by Gasteiger charge is -2.37. The standard InChI is InChI=1S/C22H29N/c1-2-3-4-10-15-23-18-21-14-9-8-13-20(21)17-22(23)16-19-11-6-5-7-12-19/h5-9,11-14,22H,2-4,10,15-18H2,1H3/t22-/m0/s1. The second-order valence-corrected chi connectivity index (χ2v) is 6.85. The smallest absolute Gasteiger partial charge is 0.0239 e. The van der Waals surface area contributed by atoms with E-state index in [1.165, 1.54) is 56.2 Å². The van der Waals surface area contributed by atoms with Crippen molar-refractivity contribution < 1.29 is 0 Å². The Morgan fingerprint density at radius 1 is 0.870 bits per heavy atom. The van der Waals surface area contributed by atoms with Gasteiger partial charge in [-0.25, -0.2) is 0 Å². The first kappa shape index (κ1) is 16.3.